The third-order valence-corrected chi connectivity index (χ3v) is 5.44. The molecule has 3 aliphatic rings. The number of nitrogens with one attached hydrogen (secondary N) is 1. The first-order valence-corrected chi connectivity index (χ1v) is 8.14. The van der Waals surface area contributed by atoms with E-state index in [0.717, 1.165) is 45.3 Å². The Bertz CT molecular complexity index is 445. The highest BCUT2D eigenvalue weighted by atomic mass is 35.5. The maximum absolute atomic E-state index is 12.8. The van der Waals surface area contributed by atoms with Crippen LogP contribution >= 0.6 is 24.8 Å². The quantitative estimate of drug-likeness (QED) is 0.749. The summed E-state index contributed by atoms with van der Waals surface area (Å²) in [6, 6.07) is 0.421. The number of carbonyl (C=O) groups is 2. The number of carbonyl (C=O) groups excluding carboxylic acids is 2. The van der Waals surface area contributed by atoms with Crippen molar-refractivity contribution in [1.29, 1.82) is 0 Å². The molecule has 3 rings (SSSR count). The first-order valence-electron chi connectivity index (χ1n) is 8.14. The molecule has 1 N–H and O–H groups in total. The average molecular weight is 367 g/mol. The second-order valence-corrected chi connectivity index (χ2v) is 6.48. The number of imide groups is 1. The number of amides is 3. The molecule has 1 spiro atoms. The van der Waals surface area contributed by atoms with Gasteiger partial charge < -0.3 is 10.2 Å². The Hall–Kier alpha value is -0.560. The fraction of sp³-hybridized carbons (Fsp3) is 0.867. The SMILES string of the molecule is CCN1C(=O)N(C)C2(CCCN(C3CCNCC3)C2)C1=O.Cl.Cl. The molecule has 0 saturated carbocycles. The highest BCUT2D eigenvalue weighted by molar-refractivity contribution is 6.07. The Kier molecular flexibility index (Phi) is 7.13. The van der Waals surface area contributed by atoms with Gasteiger partial charge >= 0.3 is 6.03 Å². The molecule has 3 aliphatic heterocycles. The van der Waals surface area contributed by atoms with E-state index in [-0.39, 0.29) is 36.8 Å². The average Bonchev–Trinajstić information content (AvgIpc) is 2.70. The van der Waals surface area contributed by atoms with E-state index in [4.69, 9.17) is 0 Å². The molecule has 8 heteroatoms. The van der Waals surface area contributed by atoms with Crippen LogP contribution in [0.2, 0.25) is 0 Å². The molecule has 3 amide bonds. The van der Waals surface area contributed by atoms with E-state index < -0.39 is 5.54 Å². The van der Waals surface area contributed by atoms with E-state index in [1.54, 1.807) is 11.9 Å². The van der Waals surface area contributed by atoms with Crippen LogP contribution < -0.4 is 5.32 Å². The summed E-state index contributed by atoms with van der Waals surface area (Å²) >= 11 is 0. The van der Waals surface area contributed by atoms with Gasteiger partial charge in [-0.15, -0.1) is 24.8 Å². The number of nitrogens with zero attached hydrogens (tertiary/aromatic N) is 3. The number of halogens is 2. The third kappa shape index (κ3) is 3.31. The zero-order valence-electron chi connectivity index (χ0n) is 13.9. The highest BCUT2D eigenvalue weighted by Gasteiger charge is 2.57. The Morgan fingerprint density at radius 3 is 2.43 bits per heavy atom. The van der Waals surface area contributed by atoms with E-state index in [2.05, 4.69) is 10.2 Å². The van der Waals surface area contributed by atoms with E-state index in [1.165, 1.54) is 4.90 Å². The van der Waals surface area contributed by atoms with E-state index in [1.807, 2.05) is 6.92 Å². The minimum absolute atomic E-state index is 0. The maximum atomic E-state index is 12.8. The van der Waals surface area contributed by atoms with Crippen molar-refractivity contribution in [3.8, 4) is 0 Å². The van der Waals surface area contributed by atoms with Gasteiger partial charge in [0.2, 0.25) is 0 Å². The minimum Gasteiger partial charge on any atom is -0.317 e. The van der Waals surface area contributed by atoms with E-state index >= 15 is 0 Å². The van der Waals surface area contributed by atoms with Gasteiger partial charge in [-0.2, -0.15) is 0 Å². The van der Waals surface area contributed by atoms with Crippen LogP contribution in [0.15, 0.2) is 0 Å². The summed E-state index contributed by atoms with van der Waals surface area (Å²) in [5, 5.41) is 3.39. The molecule has 3 saturated heterocycles. The molecule has 0 aromatic rings. The fourth-order valence-corrected chi connectivity index (χ4v) is 4.13. The zero-order valence-corrected chi connectivity index (χ0v) is 15.5. The van der Waals surface area contributed by atoms with Crippen molar-refractivity contribution in [2.45, 2.75) is 44.2 Å². The smallest absolute Gasteiger partial charge is 0.317 e. The molecule has 3 heterocycles. The number of likely N-dealkylation sites (N-methyl/N-ethyl adjacent to an activating group) is 2. The third-order valence-electron chi connectivity index (χ3n) is 5.44. The van der Waals surface area contributed by atoms with Crippen molar-refractivity contribution in [3.63, 3.8) is 0 Å². The monoisotopic (exact) mass is 366 g/mol. The van der Waals surface area contributed by atoms with Gasteiger partial charge in [-0.1, -0.05) is 0 Å². The topological polar surface area (TPSA) is 55.9 Å². The lowest BCUT2D eigenvalue weighted by atomic mass is 9.86. The van der Waals surface area contributed by atoms with Crippen LogP contribution in [0, 0.1) is 0 Å². The molecule has 23 heavy (non-hydrogen) atoms. The summed E-state index contributed by atoms with van der Waals surface area (Å²) < 4.78 is 0. The van der Waals surface area contributed by atoms with Gasteiger partial charge in [0.15, 0.2) is 0 Å². The Balaban J connectivity index is 0.00000132. The van der Waals surface area contributed by atoms with Gasteiger partial charge in [0.1, 0.15) is 5.54 Å². The molecular formula is C15H28Cl2N4O2. The summed E-state index contributed by atoms with van der Waals surface area (Å²) in [6.07, 6.45) is 4.07. The molecule has 134 valence electrons. The van der Waals surface area contributed by atoms with E-state index in [9.17, 15) is 9.59 Å². The number of piperidine rings is 2. The van der Waals surface area contributed by atoms with Crippen LogP contribution in [-0.4, -0.2) is 78.0 Å². The van der Waals surface area contributed by atoms with Crippen molar-refractivity contribution in [2.75, 3.05) is 39.8 Å². The number of hydrogen-bond donors (Lipinski definition) is 1. The van der Waals surface area contributed by atoms with Gasteiger partial charge in [-0.25, -0.2) is 4.79 Å². The van der Waals surface area contributed by atoms with Gasteiger partial charge in [0.05, 0.1) is 0 Å². The molecule has 0 radical (unpaired) electrons. The van der Waals surface area contributed by atoms with Crippen molar-refractivity contribution >= 4 is 36.8 Å². The Morgan fingerprint density at radius 2 is 1.87 bits per heavy atom. The summed E-state index contributed by atoms with van der Waals surface area (Å²) in [4.78, 5) is 30.7. The number of rotatable bonds is 2. The van der Waals surface area contributed by atoms with E-state index in [0.29, 0.717) is 19.1 Å². The first-order chi connectivity index (χ1) is 10.1. The molecule has 0 aromatic carbocycles. The molecule has 6 nitrogen and oxygen atoms in total. The standard InChI is InChI=1S/C15H26N4O2.2ClH/c1-3-19-13(20)15(17(2)14(19)21)7-4-10-18(11-15)12-5-8-16-9-6-12;;/h12,16H,3-11H2,1-2H3;2*1H. The number of likely N-dealkylation sites (tertiary alicyclic amines) is 1. The molecule has 0 aromatic heterocycles. The molecular weight excluding hydrogens is 339 g/mol. The molecule has 1 atom stereocenters. The lowest BCUT2D eigenvalue weighted by molar-refractivity contribution is -0.136. The Morgan fingerprint density at radius 1 is 1.22 bits per heavy atom. The largest absolute Gasteiger partial charge is 0.327 e. The van der Waals surface area contributed by atoms with Crippen molar-refractivity contribution in [3.05, 3.63) is 0 Å². The van der Waals surface area contributed by atoms with Gasteiger partial charge in [-0.3, -0.25) is 14.6 Å². The molecule has 3 fully saturated rings. The Labute approximate surface area is 150 Å². The van der Waals surface area contributed by atoms with Crippen molar-refractivity contribution in [1.82, 2.24) is 20.0 Å². The zero-order chi connectivity index (χ0) is 15.0. The summed E-state index contributed by atoms with van der Waals surface area (Å²) in [5.74, 6) is 0.0103. The van der Waals surface area contributed by atoms with Crippen LogP contribution in [0.5, 0.6) is 0 Å². The molecule has 0 aliphatic carbocycles. The predicted octanol–water partition coefficient (Wildman–Crippen LogP) is 1.33. The number of hydrogen-bond acceptors (Lipinski definition) is 4. The lowest BCUT2D eigenvalue weighted by Crippen LogP contribution is -2.61. The highest BCUT2D eigenvalue weighted by Crippen LogP contribution is 2.36. The number of urea groups is 1. The van der Waals surface area contributed by atoms with Crippen LogP contribution in [0.25, 0.3) is 0 Å². The lowest BCUT2D eigenvalue weighted by Gasteiger charge is -2.45. The van der Waals surface area contributed by atoms with Crippen LogP contribution in [0.3, 0.4) is 0 Å². The molecule has 0 bridgehead atoms. The van der Waals surface area contributed by atoms with Crippen molar-refractivity contribution < 1.29 is 9.59 Å². The van der Waals surface area contributed by atoms with Gasteiger partial charge in [0.25, 0.3) is 5.91 Å². The summed E-state index contributed by atoms with van der Waals surface area (Å²) in [5.41, 5.74) is -0.615. The molecule has 1 unspecified atom stereocenters. The van der Waals surface area contributed by atoms with Crippen LogP contribution in [-0.2, 0) is 4.79 Å². The first kappa shape index (κ1) is 20.5. The predicted molar refractivity (Wildman–Crippen MR) is 94.5 cm³/mol. The van der Waals surface area contributed by atoms with Crippen LogP contribution in [0.1, 0.15) is 32.6 Å². The van der Waals surface area contributed by atoms with Gasteiger partial charge in [0, 0.05) is 26.2 Å². The summed E-state index contributed by atoms with van der Waals surface area (Å²) in [7, 11) is 1.79. The maximum Gasteiger partial charge on any atom is 0.327 e. The van der Waals surface area contributed by atoms with Crippen LogP contribution in [0.4, 0.5) is 4.79 Å². The second kappa shape index (κ2) is 8.01. The second-order valence-electron chi connectivity index (χ2n) is 6.48. The normalized spacial score (nSPS) is 29.7. The van der Waals surface area contributed by atoms with Gasteiger partial charge in [-0.05, 0) is 52.2 Å². The summed E-state index contributed by atoms with van der Waals surface area (Å²) in [6.45, 7) is 6.20. The van der Waals surface area contributed by atoms with Crippen molar-refractivity contribution in [2.24, 2.45) is 0 Å². The fourth-order valence-electron chi connectivity index (χ4n) is 4.13. The minimum atomic E-state index is -0.615.